The Bertz CT molecular complexity index is 540. The number of nitrogens with one attached hydrogen (secondary N) is 1. The number of nitrogens with zero attached hydrogens (tertiary/aromatic N) is 1. The SMILES string of the molecule is O=[N+]([O-])c1ccc(NC2(CO)CCCC2)cc1C(F)(F)F. The zero-order chi connectivity index (χ0) is 15.7. The zero-order valence-corrected chi connectivity index (χ0v) is 11.1. The first-order valence-electron chi connectivity index (χ1n) is 6.52. The molecule has 1 fully saturated rings. The summed E-state index contributed by atoms with van der Waals surface area (Å²) in [5, 5.41) is 23.1. The van der Waals surface area contributed by atoms with E-state index in [2.05, 4.69) is 5.32 Å². The maximum atomic E-state index is 12.9. The van der Waals surface area contributed by atoms with Gasteiger partial charge in [-0.2, -0.15) is 13.2 Å². The van der Waals surface area contributed by atoms with Crippen molar-refractivity contribution in [3.05, 3.63) is 33.9 Å². The van der Waals surface area contributed by atoms with Gasteiger partial charge in [-0.25, -0.2) is 0 Å². The molecule has 0 aromatic heterocycles. The van der Waals surface area contributed by atoms with Crippen LogP contribution in [0.2, 0.25) is 0 Å². The fraction of sp³-hybridized carbons (Fsp3) is 0.538. The third-order valence-electron chi connectivity index (χ3n) is 3.77. The molecule has 0 aliphatic heterocycles. The van der Waals surface area contributed by atoms with Gasteiger partial charge < -0.3 is 10.4 Å². The van der Waals surface area contributed by atoms with Gasteiger partial charge in [-0.1, -0.05) is 12.8 Å². The molecule has 0 amide bonds. The molecule has 116 valence electrons. The standard InChI is InChI=1S/C13H15F3N2O3/c14-13(15,16)10-7-9(3-4-11(10)18(20)21)17-12(8-19)5-1-2-6-12/h3-4,7,17,19H,1-2,5-6,8H2. The average molecular weight is 304 g/mol. The van der Waals surface area contributed by atoms with Crippen LogP contribution in [0.25, 0.3) is 0 Å². The summed E-state index contributed by atoms with van der Waals surface area (Å²) in [6.45, 7) is -0.189. The molecule has 21 heavy (non-hydrogen) atoms. The van der Waals surface area contributed by atoms with Crippen LogP contribution in [0.5, 0.6) is 0 Å². The Morgan fingerprint density at radius 1 is 1.33 bits per heavy atom. The van der Waals surface area contributed by atoms with Crippen molar-refractivity contribution in [2.75, 3.05) is 11.9 Å². The van der Waals surface area contributed by atoms with E-state index in [1.165, 1.54) is 6.07 Å². The van der Waals surface area contributed by atoms with Gasteiger partial charge in [0.25, 0.3) is 5.69 Å². The lowest BCUT2D eigenvalue weighted by Gasteiger charge is -2.29. The minimum Gasteiger partial charge on any atom is -0.394 e. The Morgan fingerprint density at radius 2 is 1.95 bits per heavy atom. The van der Waals surface area contributed by atoms with Crippen LogP contribution in [0.1, 0.15) is 31.2 Å². The maximum absolute atomic E-state index is 12.9. The summed E-state index contributed by atoms with van der Waals surface area (Å²) in [4.78, 5) is 9.64. The summed E-state index contributed by atoms with van der Waals surface area (Å²) in [7, 11) is 0. The summed E-state index contributed by atoms with van der Waals surface area (Å²) in [6.07, 6.45) is -1.73. The van der Waals surface area contributed by atoms with Crippen LogP contribution in [-0.2, 0) is 6.18 Å². The lowest BCUT2D eigenvalue weighted by atomic mass is 9.98. The van der Waals surface area contributed by atoms with Crippen molar-refractivity contribution in [1.82, 2.24) is 0 Å². The summed E-state index contributed by atoms with van der Waals surface area (Å²) >= 11 is 0. The minimum absolute atomic E-state index is 0.129. The number of halogens is 3. The van der Waals surface area contributed by atoms with Crippen molar-refractivity contribution >= 4 is 11.4 Å². The number of benzene rings is 1. The van der Waals surface area contributed by atoms with E-state index in [1.807, 2.05) is 0 Å². The van der Waals surface area contributed by atoms with Crippen LogP contribution in [0.3, 0.4) is 0 Å². The third-order valence-corrected chi connectivity index (χ3v) is 3.77. The molecule has 0 atom stereocenters. The van der Waals surface area contributed by atoms with Gasteiger partial charge in [0.05, 0.1) is 17.1 Å². The number of rotatable bonds is 4. The predicted molar refractivity (Wildman–Crippen MR) is 70.0 cm³/mol. The molecule has 2 rings (SSSR count). The van der Waals surface area contributed by atoms with Gasteiger partial charge in [0.2, 0.25) is 0 Å². The average Bonchev–Trinajstić information content (AvgIpc) is 2.86. The Labute approximate surface area is 118 Å². The summed E-state index contributed by atoms with van der Waals surface area (Å²) in [5.41, 5.74) is -2.77. The van der Waals surface area contributed by atoms with E-state index in [9.17, 15) is 28.4 Å². The quantitative estimate of drug-likeness (QED) is 0.661. The largest absolute Gasteiger partial charge is 0.423 e. The number of hydrogen-bond acceptors (Lipinski definition) is 4. The number of anilines is 1. The van der Waals surface area contributed by atoms with Gasteiger partial charge in [0, 0.05) is 11.8 Å². The van der Waals surface area contributed by atoms with E-state index < -0.39 is 27.9 Å². The Balaban J connectivity index is 2.36. The molecule has 5 nitrogen and oxygen atoms in total. The van der Waals surface area contributed by atoms with Crippen molar-refractivity contribution in [2.45, 2.75) is 37.4 Å². The van der Waals surface area contributed by atoms with E-state index in [-0.39, 0.29) is 12.3 Å². The molecular weight excluding hydrogens is 289 g/mol. The molecule has 1 aromatic rings. The molecule has 0 radical (unpaired) electrons. The van der Waals surface area contributed by atoms with Crippen LogP contribution in [-0.4, -0.2) is 22.2 Å². The van der Waals surface area contributed by atoms with E-state index in [4.69, 9.17) is 0 Å². The molecule has 8 heteroatoms. The van der Waals surface area contributed by atoms with E-state index in [0.717, 1.165) is 25.0 Å². The van der Waals surface area contributed by atoms with Gasteiger partial charge in [-0.15, -0.1) is 0 Å². The predicted octanol–water partition coefficient (Wildman–Crippen LogP) is 3.33. The van der Waals surface area contributed by atoms with Crippen molar-refractivity contribution in [2.24, 2.45) is 0 Å². The van der Waals surface area contributed by atoms with Crippen LogP contribution in [0.4, 0.5) is 24.5 Å². The third kappa shape index (κ3) is 3.26. The highest BCUT2D eigenvalue weighted by Gasteiger charge is 2.39. The monoisotopic (exact) mass is 304 g/mol. The molecule has 1 aromatic carbocycles. The number of nitro groups is 1. The first-order valence-corrected chi connectivity index (χ1v) is 6.52. The summed E-state index contributed by atoms with van der Waals surface area (Å²) < 4.78 is 38.7. The molecule has 0 heterocycles. The van der Waals surface area contributed by atoms with E-state index in [0.29, 0.717) is 12.8 Å². The molecule has 2 N–H and O–H groups in total. The molecule has 1 aliphatic rings. The Hall–Kier alpha value is -1.83. The molecule has 1 saturated carbocycles. The lowest BCUT2D eigenvalue weighted by Crippen LogP contribution is -2.39. The van der Waals surface area contributed by atoms with Crippen molar-refractivity contribution < 1.29 is 23.2 Å². The van der Waals surface area contributed by atoms with Crippen LogP contribution in [0.15, 0.2) is 18.2 Å². The second-order valence-electron chi connectivity index (χ2n) is 5.26. The lowest BCUT2D eigenvalue weighted by molar-refractivity contribution is -0.388. The van der Waals surface area contributed by atoms with E-state index >= 15 is 0 Å². The highest BCUT2D eigenvalue weighted by molar-refractivity contribution is 5.56. The molecule has 1 aliphatic carbocycles. The maximum Gasteiger partial charge on any atom is 0.423 e. The fourth-order valence-corrected chi connectivity index (χ4v) is 2.68. The van der Waals surface area contributed by atoms with Gasteiger partial charge in [-0.3, -0.25) is 10.1 Å². The molecular formula is C13H15F3N2O3. The van der Waals surface area contributed by atoms with Crippen molar-refractivity contribution in [3.63, 3.8) is 0 Å². The second kappa shape index (κ2) is 5.51. The highest BCUT2D eigenvalue weighted by Crippen LogP contribution is 2.39. The zero-order valence-electron chi connectivity index (χ0n) is 11.1. The summed E-state index contributed by atoms with van der Waals surface area (Å²) in [6, 6.07) is 2.81. The van der Waals surface area contributed by atoms with Gasteiger partial charge in [0.15, 0.2) is 0 Å². The van der Waals surface area contributed by atoms with Crippen LogP contribution >= 0.6 is 0 Å². The minimum atomic E-state index is -4.80. The van der Waals surface area contributed by atoms with Gasteiger partial charge in [-0.05, 0) is 25.0 Å². The second-order valence-corrected chi connectivity index (χ2v) is 5.26. The smallest absolute Gasteiger partial charge is 0.394 e. The van der Waals surface area contributed by atoms with Crippen LogP contribution < -0.4 is 5.32 Å². The van der Waals surface area contributed by atoms with Gasteiger partial charge >= 0.3 is 6.18 Å². The van der Waals surface area contributed by atoms with Crippen LogP contribution in [0, 0.1) is 10.1 Å². The number of aliphatic hydroxyl groups excluding tert-OH is 1. The number of hydrogen-bond donors (Lipinski definition) is 2. The molecule has 0 spiro atoms. The first-order chi connectivity index (χ1) is 9.77. The van der Waals surface area contributed by atoms with Crippen molar-refractivity contribution in [3.8, 4) is 0 Å². The number of nitro benzene ring substituents is 1. The highest BCUT2D eigenvalue weighted by atomic mass is 19.4. The summed E-state index contributed by atoms with van der Waals surface area (Å²) in [5.74, 6) is 0. The first kappa shape index (κ1) is 15.6. The molecule has 0 unspecified atom stereocenters. The Kier molecular flexibility index (Phi) is 4.08. The van der Waals surface area contributed by atoms with Crippen molar-refractivity contribution in [1.29, 1.82) is 0 Å². The fourth-order valence-electron chi connectivity index (χ4n) is 2.68. The Morgan fingerprint density at radius 3 is 2.43 bits per heavy atom. The van der Waals surface area contributed by atoms with Gasteiger partial charge in [0.1, 0.15) is 5.56 Å². The normalized spacial score (nSPS) is 17.7. The number of alkyl halides is 3. The van der Waals surface area contributed by atoms with E-state index in [1.54, 1.807) is 0 Å². The molecule has 0 saturated heterocycles. The molecule has 0 bridgehead atoms. The topological polar surface area (TPSA) is 75.4 Å². The number of aliphatic hydroxyl groups is 1.